The van der Waals surface area contributed by atoms with Gasteiger partial charge in [0.25, 0.3) is 0 Å². The first-order valence-corrected chi connectivity index (χ1v) is 9.19. The number of rotatable bonds is 7. The molecule has 0 heterocycles. The van der Waals surface area contributed by atoms with Crippen LogP contribution in [0.25, 0.3) is 0 Å². The quantitative estimate of drug-likeness (QED) is 0.652. The van der Waals surface area contributed by atoms with Gasteiger partial charge in [0.05, 0.1) is 8.16 Å². The third kappa shape index (κ3) is 4.24. The molecule has 2 rings (SSSR count). The first-order chi connectivity index (χ1) is 12.2. The van der Waals surface area contributed by atoms with Crippen LogP contribution in [0.3, 0.4) is 0 Å². The van der Waals surface area contributed by atoms with Gasteiger partial charge < -0.3 is 9.64 Å². The number of ether oxygens (including phenoxy) is 1. The Labute approximate surface area is 142 Å². The molecule has 0 saturated heterocycles. The monoisotopic (exact) mass is 313 g/mol. The number of carbonyl (C=O) groups is 1. The number of carbonyl (C=O) groups excluding carboxylic acids is 1. The second-order valence-corrected chi connectivity index (χ2v) is 6.83. The van der Waals surface area contributed by atoms with Crippen LogP contribution in [0.2, 0.25) is 0 Å². The molecule has 3 heteroatoms. The van der Waals surface area contributed by atoms with Crippen LogP contribution in [0, 0.1) is 11.3 Å². The summed E-state index contributed by atoms with van der Waals surface area (Å²) in [4.78, 5) is 14.6. The minimum Gasteiger partial charge on any atom is -0.464 e. The molecule has 22 heavy (non-hydrogen) atoms. The van der Waals surface area contributed by atoms with Gasteiger partial charge in [-0.05, 0) is 44.7 Å². The maximum atomic E-state index is 13.2. The Morgan fingerprint density at radius 1 is 1.09 bits per heavy atom. The Kier molecular flexibility index (Phi) is 5.18. The molecule has 2 fully saturated rings. The molecule has 2 aliphatic carbocycles. The number of hydrogen-bond acceptors (Lipinski definition) is 3. The molecule has 0 bridgehead atoms. The zero-order chi connectivity index (χ0) is 19.4. The zero-order valence-corrected chi connectivity index (χ0v) is 14.3. The second kappa shape index (κ2) is 8.90. The predicted octanol–water partition coefficient (Wildman–Crippen LogP) is 4.40. The lowest BCUT2D eigenvalue weighted by Gasteiger charge is -2.43. The highest BCUT2D eigenvalue weighted by atomic mass is 16.5. The number of likely N-dealkylation sites (N-methyl/N-ethyl adjacent to an activating group) is 1. The highest BCUT2D eigenvalue weighted by Crippen LogP contribution is 2.49. The fourth-order valence-corrected chi connectivity index (χ4v) is 4.23. The van der Waals surface area contributed by atoms with E-state index in [1.807, 2.05) is 0 Å². The summed E-state index contributed by atoms with van der Waals surface area (Å²) in [5, 5.41) is 0. The van der Waals surface area contributed by atoms with Crippen molar-refractivity contribution in [1.29, 1.82) is 0 Å². The molecule has 0 unspecified atom stereocenters. The van der Waals surface area contributed by atoms with Crippen LogP contribution in [-0.2, 0) is 9.53 Å². The summed E-state index contributed by atoms with van der Waals surface area (Å²) in [7, 11) is 0. The first kappa shape index (κ1) is 12.8. The lowest BCUT2D eigenvalue weighted by Crippen LogP contribution is -2.43. The van der Waals surface area contributed by atoms with Crippen molar-refractivity contribution in [3.8, 4) is 0 Å². The van der Waals surface area contributed by atoms with Gasteiger partial charge in [-0.3, -0.25) is 4.79 Å². The van der Waals surface area contributed by atoms with Crippen molar-refractivity contribution in [2.45, 2.75) is 78.1 Å². The Morgan fingerprint density at radius 2 is 1.68 bits per heavy atom. The van der Waals surface area contributed by atoms with E-state index in [4.69, 9.17) is 10.2 Å². The Bertz CT molecular complexity index is 468. The van der Waals surface area contributed by atoms with E-state index < -0.39 is 24.4 Å². The van der Waals surface area contributed by atoms with Crippen molar-refractivity contribution in [2.75, 3.05) is 26.1 Å². The topological polar surface area (TPSA) is 29.5 Å². The fraction of sp³-hybridized carbons (Fsp3) is 0.947. The van der Waals surface area contributed by atoms with Crippen molar-refractivity contribution < 1.29 is 15.0 Å². The predicted molar refractivity (Wildman–Crippen MR) is 90.8 cm³/mol. The minimum absolute atomic E-state index is 0.249. The van der Waals surface area contributed by atoms with Gasteiger partial charge in [0.1, 0.15) is 6.56 Å². The minimum atomic E-state index is -2.67. The Hall–Kier alpha value is -0.570. The molecular weight excluding hydrogens is 274 g/mol. The highest BCUT2D eigenvalue weighted by Gasteiger charge is 2.47. The summed E-state index contributed by atoms with van der Waals surface area (Å²) < 4.78 is 38.3. The van der Waals surface area contributed by atoms with E-state index in [-0.39, 0.29) is 5.92 Å². The fourth-order valence-electron chi connectivity index (χ4n) is 4.23. The third-order valence-corrected chi connectivity index (χ3v) is 5.65. The molecule has 2 saturated carbocycles. The summed E-state index contributed by atoms with van der Waals surface area (Å²) >= 11 is 0. The SMILES string of the molecule is [2H]C([2H])(OC(=O)C1(C2CCCCC2)CCCCC1)C([2H])([2H])N(CC)CC. The summed E-state index contributed by atoms with van der Waals surface area (Å²) in [6.45, 7) is -0.750. The molecule has 0 amide bonds. The molecule has 0 atom stereocenters. The highest BCUT2D eigenvalue weighted by molar-refractivity contribution is 5.77. The molecule has 2 aliphatic rings. The smallest absolute Gasteiger partial charge is 0.312 e. The van der Waals surface area contributed by atoms with E-state index in [1.165, 1.54) is 11.3 Å². The number of esters is 1. The Balaban J connectivity index is 2.22. The average molecular weight is 314 g/mol. The average Bonchev–Trinajstić information content (AvgIpc) is 2.63. The standard InChI is InChI=1S/C19H35NO2/c1-3-20(4-2)15-16-22-18(21)19(13-9-6-10-14-19)17-11-7-5-8-12-17/h17H,3-16H2,1-2H3/i15D2,16D2. The van der Waals surface area contributed by atoms with Crippen LogP contribution >= 0.6 is 0 Å². The molecule has 0 N–H and O–H groups in total. The number of hydrogen-bond donors (Lipinski definition) is 0. The van der Waals surface area contributed by atoms with Crippen LogP contribution < -0.4 is 0 Å². The largest absolute Gasteiger partial charge is 0.464 e. The number of nitrogens with zero attached hydrogens (tertiary/aromatic N) is 1. The van der Waals surface area contributed by atoms with Crippen molar-refractivity contribution in [2.24, 2.45) is 11.3 Å². The van der Waals surface area contributed by atoms with Gasteiger partial charge in [-0.2, -0.15) is 0 Å². The lowest BCUT2D eigenvalue weighted by molar-refractivity contribution is -0.164. The molecule has 3 nitrogen and oxygen atoms in total. The molecule has 0 aliphatic heterocycles. The van der Waals surface area contributed by atoms with Crippen LogP contribution in [0.4, 0.5) is 0 Å². The summed E-state index contributed by atoms with van der Waals surface area (Å²) in [5.41, 5.74) is -0.620. The molecule has 0 aromatic rings. The van der Waals surface area contributed by atoms with Gasteiger partial charge >= 0.3 is 5.97 Å². The zero-order valence-electron chi connectivity index (χ0n) is 18.3. The maximum absolute atomic E-state index is 13.2. The van der Waals surface area contributed by atoms with Crippen LogP contribution in [0.15, 0.2) is 0 Å². The Morgan fingerprint density at radius 3 is 2.27 bits per heavy atom. The van der Waals surface area contributed by atoms with Gasteiger partial charge in [-0.25, -0.2) is 0 Å². The first-order valence-electron chi connectivity index (χ1n) is 11.2. The summed E-state index contributed by atoms with van der Waals surface area (Å²) in [6, 6.07) is 0. The molecule has 0 spiro atoms. The van der Waals surface area contributed by atoms with Crippen LogP contribution in [0.5, 0.6) is 0 Å². The van der Waals surface area contributed by atoms with Crippen molar-refractivity contribution >= 4 is 5.97 Å². The summed E-state index contributed by atoms with van der Waals surface area (Å²) in [5.74, 6) is -0.260. The van der Waals surface area contributed by atoms with Crippen molar-refractivity contribution in [3.05, 3.63) is 0 Å². The van der Waals surface area contributed by atoms with E-state index in [0.29, 0.717) is 13.1 Å². The van der Waals surface area contributed by atoms with Gasteiger partial charge in [0.2, 0.25) is 0 Å². The normalized spacial score (nSPS) is 26.7. The van der Waals surface area contributed by atoms with Crippen molar-refractivity contribution in [3.63, 3.8) is 0 Å². The third-order valence-electron chi connectivity index (χ3n) is 5.65. The lowest BCUT2D eigenvalue weighted by atomic mass is 9.62. The molecule has 128 valence electrons. The van der Waals surface area contributed by atoms with Gasteiger partial charge in [0, 0.05) is 9.24 Å². The molecule has 0 radical (unpaired) electrons. The van der Waals surface area contributed by atoms with Gasteiger partial charge in [-0.1, -0.05) is 52.4 Å². The van der Waals surface area contributed by atoms with E-state index in [0.717, 1.165) is 57.8 Å². The van der Waals surface area contributed by atoms with Crippen LogP contribution in [0.1, 0.15) is 83.5 Å². The van der Waals surface area contributed by atoms with Gasteiger partial charge in [0.15, 0.2) is 0 Å². The maximum Gasteiger partial charge on any atom is 0.312 e. The second-order valence-electron chi connectivity index (χ2n) is 6.83. The van der Waals surface area contributed by atoms with Crippen LogP contribution in [-0.4, -0.2) is 37.0 Å². The van der Waals surface area contributed by atoms with E-state index in [9.17, 15) is 4.79 Å². The molecular formula is C19H35NO2. The van der Waals surface area contributed by atoms with Gasteiger partial charge in [-0.15, -0.1) is 0 Å². The van der Waals surface area contributed by atoms with E-state index in [2.05, 4.69) is 0 Å². The van der Waals surface area contributed by atoms with Crippen molar-refractivity contribution in [1.82, 2.24) is 4.90 Å². The van der Waals surface area contributed by atoms with E-state index >= 15 is 0 Å². The van der Waals surface area contributed by atoms with E-state index in [1.54, 1.807) is 13.8 Å². The molecule has 0 aromatic heterocycles. The summed E-state index contributed by atoms with van der Waals surface area (Å²) in [6.07, 6.45) is 9.99. The molecule has 0 aromatic carbocycles.